The van der Waals surface area contributed by atoms with E-state index < -0.39 is 17.5 Å². The Morgan fingerprint density at radius 2 is 2.03 bits per heavy atom. The maximum atomic E-state index is 13.0. The molecule has 0 saturated carbocycles. The van der Waals surface area contributed by atoms with E-state index in [1.165, 1.54) is 12.0 Å². The van der Waals surface area contributed by atoms with Gasteiger partial charge < -0.3 is 15.0 Å². The van der Waals surface area contributed by atoms with Gasteiger partial charge in [-0.1, -0.05) is 17.9 Å². The molecule has 154 valence electrons. The fourth-order valence-corrected chi connectivity index (χ4v) is 4.61. The van der Waals surface area contributed by atoms with Gasteiger partial charge in [0.1, 0.15) is 5.75 Å². The predicted molar refractivity (Wildman–Crippen MR) is 116 cm³/mol. The Bertz CT molecular complexity index is 1320. The average molecular weight is 431 g/mol. The molecule has 5 rings (SSSR count). The smallest absolute Gasteiger partial charge is 0.323 e. The molecular formula is C23H17N3O4S. The predicted octanol–water partition coefficient (Wildman–Crippen LogP) is 2.50. The Labute approximate surface area is 182 Å². The van der Waals surface area contributed by atoms with Gasteiger partial charge in [-0.3, -0.25) is 14.9 Å². The minimum absolute atomic E-state index is 0.0614. The van der Waals surface area contributed by atoms with E-state index >= 15 is 0 Å². The molecule has 0 radical (unpaired) electrons. The number of imide groups is 1. The van der Waals surface area contributed by atoms with Crippen LogP contribution in [0, 0.1) is 11.8 Å². The zero-order valence-electron chi connectivity index (χ0n) is 16.5. The number of nitrogens with zero attached hydrogens (tertiary/aromatic N) is 1. The van der Waals surface area contributed by atoms with E-state index in [1.54, 1.807) is 23.5 Å². The number of benzene rings is 2. The van der Waals surface area contributed by atoms with Crippen molar-refractivity contribution in [1.29, 1.82) is 0 Å². The third-order valence-corrected chi connectivity index (χ3v) is 6.34. The molecule has 1 saturated heterocycles. The number of hydrogen-bond donors (Lipinski definition) is 2. The van der Waals surface area contributed by atoms with Crippen molar-refractivity contribution in [1.82, 2.24) is 15.5 Å². The van der Waals surface area contributed by atoms with E-state index in [1.807, 2.05) is 35.7 Å². The third kappa shape index (κ3) is 3.29. The standard InChI is InChI=1S/C23H17N3O4S/c1-30-17-4-3-16-12-26(20(27)18(16)11-17)13-23(21(28)24-22(29)25-23)8-6-14-2-5-19-15(10-14)7-9-31-19/h2-5,7,9-11H,12-13H2,1H3,(H2,24,25,28,29)/t23-/m1/s1. The summed E-state index contributed by atoms with van der Waals surface area (Å²) in [5, 5.41) is 7.94. The zero-order valence-corrected chi connectivity index (χ0v) is 17.3. The van der Waals surface area contributed by atoms with Crippen LogP contribution in [0.1, 0.15) is 21.5 Å². The maximum Gasteiger partial charge on any atom is 0.323 e. The van der Waals surface area contributed by atoms with Crippen molar-refractivity contribution in [3.05, 3.63) is 64.5 Å². The summed E-state index contributed by atoms with van der Waals surface area (Å²) in [5.74, 6) is 5.73. The van der Waals surface area contributed by atoms with Crippen molar-refractivity contribution in [3.8, 4) is 17.6 Å². The average Bonchev–Trinajstić information content (AvgIpc) is 3.43. The first-order valence-corrected chi connectivity index (χ1v) is 10.5. The second-order valence-corrected chi connectivity index (χ2v) is 8.37. The summed E-state index contributed by atoms with van der Waals surface area (Å²) < 4.78 is 6.35. The largest absolute Gasteiger partial charge is 0.497 e. The Morgan fingerprint density at radius 1 is 1.16 bits per heavy atom. The first-order valence-electron chi connectivity index (χ1n) is 9.58. The summed E-state index contributed by atoms with van der Waals surface area (Å²) in [6.07, 6.45) is 0. The fraction of sp³-hybridized carbons (Fsp3) is 0.174. The highest BCUT2D eigenvalue weighted by atomic mass is 32.1. The van der Waals surface area contributed by atoms with Gasteiger partial charge in [-0.15, -0.1) is 11.3 Å². The van der Waals surface area contributed by atoms with E-state index in [2.05, 4.69) is 22.5 Å². The molecular weight excluding hydrogens is 414 g/mol. The molecule has 1 atom stereocenters. The fourth-order valence-electron chi connectivity index (χ4n) is 3.84. The van der Waals surface area contributed by atoms with E-state index in [-0.39, 0.29) is 12.5 Å². The second kappa shape index (κ2) is 7.15. The molecule has 1 aromatic heterocycles. The molecule has 3 aromatic rings. The number of carbonyl (C=O) groups excluding carboxylic acids is 3. The van der Waals surface area contributed by atoms with Crippen molar-refractivity contribution in [2.45, 2.75) is 12.1 Å². The van der Waals surface area contributed by atoms with Crippen LogP contribution in [0.15, 0.2) is 47.8 Å². The van der Waals surface area contributed by atoms with Crippen LogP contribution in [0.3, 0.4) is 0 Å². The van der Waals surface area contributed by atoms with Crippen LogP contribution in [0.5, 0.6) is 5.75 Å². The summed E-state index contributed by atoms with van der Waals surface area (Å²) in [6.45, 7) is 0.264. The van der Waals surface area contributed by atoms with E-state index in [4.69, 9.17) is 4.74 Å². The number of nitrogens with one attached hydrogen (secondary N) is 2. The first-order chi connectivity index (χ1) is 15.0. The van der Waals surface area contributed by atoms with Gasteiger partial charge in [-0.05, 0) is 52.7 Å². The number of rotatable bonds is 3. The van der Waals surface area contributed by atoms with Crippen LogP contribution >= 0.6 is 11.3 Å². The van der Waals surface area contributed by atoms with Gasteiger partial charge in [0, 0.05) is 22.4 Å². The third-order valence-electron chi connectivity index (χ3n) is 5.44. The quantitative estimate of drug-likeness (QED) is 0.493. The number of fused-ring (bicyclic) bond motifs is 2. The van der Waals surface area contributed by atoms with Crippen molar-refractivity contribution in [3.63, 3.8) is 0 Å². The Kier molecular flexibility index (Phi) is 4.41. The molecule has 2 aliphatic heterocycles. The lowest BCUT2D eigenvalue weighted by molar-refractivity contribution is -0.122. The number of methoxy groups -OCH3 is 1. The first kappa shape index (κ1) is 19.2. The molecule has 4 amide bonds. The molecule has 2 aromatic carbocycles. The Balaban J connectivity index is 1.47. The van der Waals surface area contributed by atoms with Gasteiger partial charge in [0.2, 0.25) is 5.54 Å². The molecule has 31 heavy (non-hydrogen) atoms. The molecule has 2 aliphatic rings. The highest BCUT2D eigenvalue weighted by Gasteiger charge is 2.48. The zero-order chi connectivity index (χ0) is 21.6. The summed E-state index contributed by atoms with van der Waals surface area (Å²) in [7, 11) is 1.54. The van der Waals surface area contributed by atoms with Crippen LogP contribution in [-0.4, -0.2) is 41.9 Å². The molecule has 7 nitrogen and oxygen atoms in total. The van der Waals surface area contributed by atoms with E-state index in [9.17, 15) is 14.4 Å². The van der Waals surface area contributed by atoms with Crippen molar-refractivity contribution < 1.29 is 19.1 Å². The topological polar surface area (TPSA) is 87.7 Å². The van der Waals surface area contributed by atoms with Crippen molar-refractivity contribution in [2.24, 2.45) is 0 Å². The molecule has 0 aliphatic carbocycles. The van der Waals surface area contributed by atoms with Gasteiger partial charge in [0.25, 0.3) is 11.8 Å². The molecule has 0 unspecified atom stereocenters. The van der Waals surface area contributed by atoms with Crippen LogP contribution in [0.25, 0.3) is 10.1 Å². The monoisotopic (exact) mass is 431 g/mol. The number of urea groups is 1. The maximum absolute atomic E-state index is 13.0. The minimum atomic E-state index is -1.53. The highest BCUT2D eigenvalue weighted by Crippen LogP contribution is 2.28. The number of amides is 4. The molecule has 1 fully saturated rings. The van der Waals surface area contributed by atoms with E-state index in [0.29, 0.717) is 17.9 Å². The van der Waals surface area contributed by atoms with Gasteiger partial charge in [0.05, 0.1) is 13.7 Å². The van der Waals surface area contributed by atoms with Gasteiger partial charge in [-0.2, -0.15) is 0 Å². The van der Waals surface area contributed by atoms with E-state index in [0.717, 1.165) is 21.2 Å². The molecule has 2 N–H and O–H groups in total. The molecule has 8 heteroatoms. The van der Waals surface area contributed by atoms with Gasteiger partial charge in [0.15, 0.2) is 0 Å². The minimum Gasteiger partial charge on any atom is -0.497 e. The lowest BCUT2D eigenvalue weighted by Gasteiger charge is -2.26. The van der Waals surface area contributed by atoms with Gasteiger partial charge in [-0.25, -0.2) is 4.79 Å². The number of hydrogen-bond acceptors (Lipinski definition) is 5. The number of thiophene rings is 1. The molecule has 3 heterocycles. The second-order valence-electron chi connectivity index (χ2n) is 7.42. The Morgan fingerprint density at radius 3 is 2.81 bits per heavy atom. The van der Waals surface area contributed by atoms with Crippen molar-refractivity contribution >= 4 is 39.3 Å². The van der Waals surface area contributed by atoms with Gasteiger partial charge >= 0.3 is 6.03 Å². The lowest BCUT2D eigenvalue weighted by atomic mass is 9.99. The summed E-state index contributed by atoms with van der Waals surface area (Å²) in [5.41, 5.74) is 0.555. The number of carbonyl (C=O) groups is 3. The SMILES string of the molecule is COc1ccc2c(c1)C(=O)N(C[C@@]1(C#Cc3ccc4sccc4c3)NC(=O)NC1=O)C2. The van der Waals surface area contributed by atoms with Crippen LogP contribution < -0.4 is 15.4 Å². The van der Waals surface area contributed by atoms with Crippen LogP contribution in [0.2, 0.25) is 0 Å². The van der Waals surface area contributed by atoms with Crippen LogP contribution in [-0.2, 0) is 11.3 Å². The van der Waals surface area contributed by atoms with Crippen LogP contribution in [0.4, 0.5) is 4.79 Å². The molecule has 0 spiro atoms. The normalized spacial score (nSPS) is 19.6. The lowest BCUT2D eigenvalue weighted by Crippen LogP contribution is -2.54. The summed E-state index contributed by atoms with van der Waals surface area (Å²) >= 11 is 1.64. The summed E-state index contributed by atoms with van der Waals surface area (Å²) in [6, 6.07) is 12.4. The summed E-state index contributed by atoms with van der Waals surface area (Å²) in [4.78, 5) is 39.1. The molecule has 0 bridgehead atoms. The Hall–Kier alpha value is -3.83. The highest BCUT2D eigenvalue weighted by molar-refractivity contribution is 7.17. The number of ether oxygens (including phenoxy) is 1. The van der Waals surface area contributed by atoms with Crippen molar-refractivity contribution in [2.75, 3.05) is 13.7 Å².